The third-order valence-electron chi connectivity index (χ3n) is 30.0. The highest BCUT2D eigenvalue weighted by atomic mass is 33.1. The minimum absolute atomic E-state index is 0.0101. The van der Waals surface area contributed by atoms with Crippen LogP contribution in [0.4, 0.5) is 0 Å². The molecule has 10 saturated carbocycles. The Kier molecular flexibility index (Phi) is 11.6. The number of aldehydes is 1. The molecule has 0 amide bonds. The maximum absolute atomic E-state index is 16.3. The number of carbonyl (C=O) groups is 2. The zero-order valence-corrected chi connectivity index (χ0v) is 51.5. The largest absolute Gasteiger partial charge is 0.508 e. The highest BCUT2D eigenvalue weighted by Gasteiger charge is 2.91. The molecule has 15 aliphatic rings. The second kappa shape index (κ2) is 18.3. The number of esters is 1. The molecule has 460 valence electrons. The van der Waals surface area contributed by atoms with Crippen LogP contribution in [-0.4, -0.2) is 114 Å². The molecule has 0 radical (unpaired) electrons. The van der Waals surface area contributed by atoms with Gasteiger partial charge in [0.1, 0.15) is 24.2 Å². The first-order chi connectivity index (χ1) is 42.2. The zero-order valence-electron chi connectivity index (χ0n) is 49.8. The molecule has 5 heterocycles. The number of aromatic hydroxyl groups is 1. The van der Waals surface area contributed by atoms with Gasteiger partial charge in [-0.3, -0.25) is 0 Å². The fraction of sp³-hybridized carbons (Fsp3) is 0.667. The number of ether oxygens (including phenoxy) is 3. The van der Waals surface area contributed by atoms with Crippen LogP contribution in [0.25, 0.3) is 32.4 Å². The van der Waals surface area contributed by atoms with Crippen LogP contribution in [0.3, 0.4) is 0 Å². The Balaban J connectivity index is 0.846. The number of aromatic amines is 1. The SMILES string of the molecule is CN[C@H]1CSSC[C@H]2c3cc(O)ccc3[C@@]34[C@H](CC[C@@]35[C@@H]3O[C@H]6[C@H](C(=O)Oc7c(CO)[nH]c8ccc9cc%10ccccc%10cc9c78)O[C@@]7(O)[C@@H](O)[C@]8(C[C@@H]([C@@H]3C[C@H]1[C@@H]5O)[C@@]67O)C1(CCCC1)C[C@@H]1CC[C@@H]3[C@@H](C=O)CC[C@]35CC[C@@]18C5)C[C@@H]1CC[C@H]2[C@@H]14. The van der Waals surface area contributed by atoms with Crippen molar-refractivity contribution in [3.05, 3.63) is 83.6 Å². The molecule has 6 bridgehead atoms. The normalized spacial score (nSPS) is 48.9. The van der Waals surface area contributed by atoms with E-state index >= 15 is 4.79 Å². The first-order valence-corrected chi connectivity index (χ1v) is 36.3. The Morgan fingerprint density at radius 2 is 1.64 bits per heavy atom. The number of phenolic OH excluding ortho intramolecular Hbond substituents is 1. The van der Waals surface area contributed by atoms with Gasteiger partial charge in [-0.15, -0.1) is 0 Å². The Morgan fingerprint density at radius 1 is 0.816 bits per heavy atom. The number of aliphatic hydroxyl groups excluding tert-OH is 3. The predicted molar refractivity (Wildman–Crippen MR) is 331 cm³/mol. The average molecular weight is 1220 g/mol. The van der Waals surface area contributed by atoms with Crippen LogP contribution in [0, 0.1) is 86.3 Å². The van der Waals surface area contributed by atoms with Crippen molar-refractivity contribution in [2.75, 3.05) is 18.6 Å². The number of rotatable bonds is 5. The van der Waals surface area contributed by atoms with E-state index in [0.29, 0.717) is 47.7 Å². The molecule has 0 unspecified atom stereocenters. The number of aromatic nitrogens is 1. The highest BCUT2D eigenvalue weighted by molar-refractivity contribution is 8.76. The maximum Gasteiger partial charge on any atom is 0.343 e. The van der Waals surface area contributed by atoms with Gasteiger partial charge in [0.2, 0.25) is 5.79 Å². The van der Waals surface area contributed by atoms with Crippen molar-refractivity contribution in [1.82, 2.24) is 10.3 Å². The Bertz CT molecular complexity index is 3760. The zero-order chi connectivity index (χ0) is 58.7. The van der Waals surface area contributed by atoms with E-state index in [9.17, 15) is 35.4 Å². The molecule has 87 heavy (non-hydrogen) atoms. The van der Waals surface area contributed by atoms with Crippen LogP contribution >= 0.6 is 21.6 Å². The summed E-state index contributed by atoms with van der Waals surface area (Å²) in [4.78, 5) is 32.7. The average Bonchev–Trinajstić information content (AvgIpc) is 1.51. The number of phenols is 1. The van der Waals surface area contributed by atoms with Crippen molar-refractivity contribution < 1.29 is 54.4 Å². The highest BCUT2D eigenvalue weighted by Crippen LogP contribution is 2.88. The van der Waals surface area contributed by atoms with Gasteiger partial charge in [-0.05, 0) is 243 Å². The third-order valence-corrected chi connectivity index (χ3v) is 32.4. The van der Waals surface area contributed by atoms with E-state index in [1.165, 1.54) is 17.4 Å². The van der Waals surface area contributed by atoms with Crippen LogP contribution in [0.1, 0.15) is 145 Å². The summed E-state index contributed by atoms with van der Waals surface area (Å²) in [5.41, 5.74) is -2.33. The molecule has 3 saturated heterocycles. The standard InChI is InChI=1S/C72H84N2O11S2/c1-73-55-34-87-86-33-49-44-12-8-39-25-41-17-21-68(70(41,57(39)44)51-14-11-43(77)27-46(49)51)60(78)48(55)28-47-52-30-69(66(18-4-5-19-66)29-42-10-13-50-40(31-75)16-20-65(50)22-23-67(42,69)35-65)64(80)72(82)71(52,81)62(84-61(47)68)59(85-72)63(79)83-58-54(32-76)74-53-15-9-38-24-36-6-2-3-7-37(36)26-45(38)56(53)58/h2-3,6-7,9,11,14-15,24,26-27,31,39-42,44,47-50,52,55,57,59-62,64,73-74,76-78,80-82H,4-5,8,10,12-13,16-23,25,28-30,32-35H2,1H3/t39-,40+,41+,42-,44+,47-,48+,49+,50+,52-,55-,57+,59+,60-,61+,62-,64-,65+,67+,68+,69+,70+,71+,72-/m0/s1. The molecule has 20 rings (SSSR count). The van der Waals surface area contributed by atoms with E-state index in [0.717, 1.165) is 136 Å². The Hall–Kier alpha value is -3.74. The number of H-pyrrole nitrogens is 1. The summed E-state index contributed by atoms with van der Waals surface area (Å²) < 4.78 is 22.2. The molecule has 6 spiro atoms. The van der Waals surface area contributed by atoms with E-state index < -0.39 is 93.4 Å². The van der Waals surface area contributed by atoms with Crippen LogP contribution in [-0.2, 0) is 31.1 Å². The number of nitrogens with one attached hydrogen (secondary N) is 2. The topological polar surface area (TPSA) is 211 Å². The van der Waals surface area contributed by atoms with E-state index in [-0.39, 0.29) is 64.4 Å². The molecule has 15 heteroatoms. The fourth-order valence-electron chi connectivity index (χ4n) is 27.6. The van der Waals surface area contributed by atoms with Gasteiger partial charge in [-0.25, -0.2) is 4.79 Å². The fourth-order valence-corrected chi connectivity index (χ4v) is 30.3. The summed E-state index contributed by atoms with van der Waals surface area (Å²) in [6.07, 6.45) is 11.7. The number of aliphatic hydroxyl groups is 5. The number of fused-ring (bicyclic) bond motifs is 11. The quantitative estimate of drug-likeness (QED) is 0.0356. The maximum atomic E-state index is 16.3. The van der Waals surface area contributed by atoms with E-state index in [2.05, 4.69) is 46.7 Å². The Labute approximate surface area is 516 Å². The molecule has 4 aliphatic heterocycles. The lowest BCUT2D eigenvalue weighted by Gasteiger charge is -2.72. The Morgan fingerprint density at radius 3 is 2.46 bits per heavy atom. The van der Waals surface area contributed by atoms with Gasteiger partial charge in [0.25, 0.3) is 0 Å². The molecule has 11 aliphatic carbocycles. The van der Waals surface area contributed by atoms with Crippen LogP contribution in [0.15, 0.2) is 66.7 Å². The molecule has 4 aromatic carbocycles. The minimum atomic E-state index is -2.70. The van der Waals surface area contributed by atoms with Crippen molar-refractivity contribution >= 4 is 66.3 Å². The number of hydrogen-bond donors (Lipinski definition) is 8. The van der Waals surface area contributed by atoms with Gasteiger partial charge >= 0.3 is 5.97 Å². The van der Waals surface area contributed by atoms with Crippen LogP contribution in [0.2, 0.25) is 0 Å². The van der Waals surface area contributed by atoms with Crippen molar-refractivity contribution in [2.24, 2.45) is 86.3 Å². The van der Waals surface area contributed by atoms with Crippen molar-refractivity contribution in [3.63, 3.8) is 0 Å². The number of hydrogen-bond acceptors (Lipinski definition) is 14. The molecule has 24 atom stereocenters. The molecular weight excluding hydrogens is 1130 g/mol. The summed E-state index contributed by atoms with van der Waals surface area (Å²) >= 11 is 0. The first kappa shape index (κ1) is 54.9. The van der Waals surface area contributed by atoms with Gasteiger partial charge in [0, 0.05) is 51.5 Å². The van der Waals surface area contributed by atoms with Crippen molar-refractivity contribution in [2.45, 2.75) is 188 Å². The van der Waals surface area contributed by atoms with Crippen LogP contribution in [0.5, 0.6) is 11.5 Å². The summed E-state index contributed by atoms with van der Waals surface area (Å²) in [6, 6.07) is 22.3. The van der Waals surface area contributed by atoms with Gasteiger partial charge in [0.05, 0.1) is 35.4 Å². The lowest BCUT2D eigenvalue weighted by atomic mass is 9.37. The third kappa shape index (κ3) is 6.25. The second-order valence-electron chi connectivity index (χ2n) is 31.5. The van der Waals surface area contributed by atoms with Crippen LogP contribution < -0.4 is 10.1 Å². The van der Waals surface area contributed by atoms with E-state index in [4.69, 9.17) is 14.2 Å². The number of benzene rings is 4. The smallest absolute Gasteiger partial charge is 0.343 e. The molecule has 8 N–H and O–H groups in total. The molecule has 13 nitrogen and oxygen atoms in total. The predicted octanol–water partition coefficient (Wildman–Crippen LogP) is 10.7. The van der Waals surface area contributed by atoms with Gasteiger partial charge < -0.3 is 59.9 Å². The lowest BCUT2D eigenvalue weighted by molar-refractivity contribution is -0.410. The van der Waals surface area contributed by atoms with E-state index in [1.54, 1.807) is 0 Å². The summed E-state index contributed by atoms with van der Waals surface area (Å²) in [5.74, 6) is -1.07. The van der Waals surface area contributed by atoms with Crippen molar-refractivity contribution in [3.8, 4) is 11.5 Å². The monoisotopic (exact) mass is 1220 g/mol. The first-order valence-electron chi connectivity index (χ1n) is 33.8. The molecule has 13 fully saturated rings. The number of carbonyl (C=O) groups excluding carboxylic acids is 2. The molecule has 1 aromatic heterocycles. The second-order valence-corrected chi connectivity index (χ2v) is 34.1. The van der Waals surface area contributed by atoms with Crippen molar-refractivity contribution in [1.29, 1.82) is 0 Å². The van der Waals surface area contributed by atoms with Gasteiger partial charge in [-0.1, -0.05) is 70.8 Å². The lowest BCUT2D eigenvalue weighted by Crippen LogP contribution is -2.82. The van der Waals surface area contributed by atoms with Gasteiger partial charge in [0.15, 0.2) is 17.5 Å². The van der Waals surface area contributed by atoms with Gasteiger partial charge in [-0.2, -0.15) is 0 Å². The minimum Gasteiger partial charge on any atom is -0.508 e. The molecular formula is C72H84N2O11S2. The summed E-state index contributed by atoms with van der Waals surface area (Å²) in [7, 11) is 5.84. The molecule has 5 aromatic rings. The summed E-state index contributed by atoms with van der Waals surface area (Å²) in [6.45, 7) is -0.473. The van der Waals surface area contributed by atoms with E-state index in [1.807, 2.05) is 59.0 Å². The summed E-state index contributed by atoms with van der Waals surface area (Å²) in [5, 5.41) is 89.9.